The fraction of sp³-hybridized carbons (Fsp3) is 0.600. The summed E-state index contributed by atoms with van der Waals surface area (Å²) in [7, 11) is -2.98. The molecule has 0 heterocycles. The van der Waals surface area contributed by atoms with E-state index in [9.17, 15) is 4.57 Å². The van der Waals surface area contributed by atoms with E-state index in [4.69, 9.17) is 9.05 Å². The van der Waals surface area contributed by atoms with Gasteiger partial charge in [0.1, 0.15) is 0 Å². The molecule has 1 aliphatic rings. The number of hydrogen-bond donors (Lipinski definition) is 0. The molecule has 1 rings (SSSR count). The summed E-state index contributed by atoms with van der Waals surface area (Å²) in [4.78, 5) is 0. The molecule has 0 spiro atoms. The maximum atomic E-state index is 12.2. The van der Waals surface area contributed by atoms with Crippen LogP contribution in [0, 0.1) is 0 Å². The molecule has 80 valence electrons. The molecule has 0 aliphatic heterocycles. The molecule has 0 radical (unpaired) electrons. The fourth-order valence-electron chi connectivity index (χ4n) is 1.36. The van der Waals surface area contributed by atoms with E-state index < -0.39 is 7.60 Å². The van der Waals surface area contributed by atoms with E-state index >= 15 is 0 Å². The van der Waals surface area contributed by atoms with Gasteiger partial charge in [-0.2, -0.15) is 0 Å². The van der Waals surface area contributed by atoms with Crippen LogP contribution < -0.4 is 0 Å². The minimum absolute atomic E-state index is 0.415. The maximum Gasteiger partial charge on any atom is 0.357 e. The molecule has 1 aliphatic carbocycles. The van der Waals surface area contributed by atoms with E-state index in [2.05, 4.69) is 0 Å². The van der Waals surface area contributed by atoms with Gasteiger partial charge in [-0.1, -0.05) is 18.2 Å². The molecule has 14 heavy (non-hydrogen) atoms. The summed E-state index contributed by atoms with van der Waals surface area (Å²) in [6.45, 7) is 4.48. The van der Waals surface area contributed by atoms with Crippen molar-refractivity contribution in [3.05, 3.63) is 23.5 Å². The van der Waals surface area contributed by atoms with E-state index in [1.54, 1.807) is 0 Å². The van der Waals surface area contributed by atoms with Crippen molar-refractivity contribution in [3.8, 4) is 0 Å². The van der Waals surface area contributed by atoms with Gasteiger partial charge in [-0.25, -0.2) is 0 Å². The van der Waals surface area contributed by atoms with E-state index in [0.29, 0.717) is 13.2 Å². The van der Waals surface area contributed by atoms with Gasteiger partial charge in [0.05, 0.1) is 13.2 Å². The van der Waals surface area contributed by atoms with Gasteiger partial charge in [0, 0.05) is 5.31 Å². The standard InChI is InChI=1S/C10H17O3P/c1-3-12-14(11,13-4-2)10-8-6-5-7-9-10/h5-6,8H,3-4,7,9H2,1-2H3. The lowest BCUT2D eigenvalue weighted by Gasteiger charge is -2.20. The molecule has 0 aromatic carbocycles. The maximum absolute atomic E-state index is 12.2. The third-order valence-corrected chi connectivity index (χ3v) is 4.21. The van der Waals surface area contributed by atoms with Gasteiger partial charge < -0.3 is 9.05 Å². The SMILES string of the molecule is CCOP(=O)(OCC)C1=CC=CCC1. The van der Waals surface area contributed by atoms with Crippen molar-refractivity contribution in [3.63, 3.8) is 0 Å². The number of hydrogen-bond acceptors (Lipinski definition) is 3. The van der Waals surface area contributed by atoms with Gasteiger partial charge in [-0.15, -0.1) is 0 Å². The predicted molar refractivity (Wildman–Crippen MR) is 57.3 cm³/mol. The van der Waals surface area contributed by atoms with Gasteiger partial charge >= 0.3 is 7.60 Å². The van der Waals surface area contributed by atoms with E-state index in [-0.39, 0.29) is 0 Å². The molecule has 0 unspecified atom stereocenters. The van der Waals surface area contributed by atoms with Crippen molar-refractivity contribution in [2.24, 2.45) is 0 Å². The van der Waals surface area contributed by atoms with Crippen LogP contribution in [0.4, 0.5) is 0 Å². The van der Waals surface area contributed by atoms with E-state index in [1.165, 1.54) is 0 Å². The fourth-order valence-corrected chi connectivity index (χ4v) is 3.12. The molecule has 4 heteroatoms. The van der Waals surface area contributed by atoms with Gasteiger partial charge in [-0.05, 0) is 26.7 Å². The van der Waals surface area contributed by atoms with Crippen molar-refractivity contribution in [1.82, 2.24) is 0 Å². The Morgan fingerprint density at radius 1 is 1.36 bits per heavy atom. The zero-order valence-corrected chi connectivity index (χ0v) is 9.63. The minimum atomic E-state index is -2.98. The highest BCUT2D eigenvalue weighted by Crippen LogP contribution is 2.58. The molecule has 0 saturated carbocycles. The summed E-state index contributed by atoms with van der Waals surface area (Å²) in [5.41, 5.74) is 0. The highest BCUT2D eigenvalue weighted by atomic mass is 31.2. The van der Waals surface area contributed by atoms with Crippen LogP contribution in [-0.2, 0) is 13.6 Å². The molecule has 0 aromatic heterocycles. The van der Waals surface area contributed by atoms with Gasteiger partial charge in [0.2, 0.25) is 0 Å². The topological polar surface area (TPSA) is 35.5 Å². The average molecular weight is 216 g/mol. The van der Waals surface area contributed by atoms with Crippen LogP contribution in [0.2, 0.25) is 0 Å². The van der Waals surface area contributed by atoms with Crippen LogP contribution in [0.1, 0.15) is 26.7 Å². The van der Waals surface area contributed by atoms with Crippen LogP contribution >= 0.6 is 7.60 Å². The Labute approximate surface area is 85.3 Å². The zero-order chi connectivity index (χ0) is 10.4. The Hall–Kier alpha value is -0.370. The third-order valence-electron chi connectivity index (χ3n) is 1.94. The van der Waals surface area contributed by atoms with Crippen molar-refractivity contribution in [2.75, 3.05) is 13.2 Å². The quantitative estimate of drug-likeness (QED) is 0.660. The van der Waals surface area contributed by atoms with Crippen molar-refractivity contribution in [2.45, 2.75) is 26.7 Å². The van der Waals surface area contributed by atoms with Gasteiger partial charge in [0.15, 0.2) is 0 Å². The molecule has 0 saturated heterocycles. The minimum Gasteiger partial charge on any atom is -0.306 e. The molecule has 3 nitrogen and oxygen atoms in total. The van der Waals surface area contributed by atoms with Crippen LogP contribution in [0.3, 0.4) is 0 Å². The lowest BCUT2D eigenvalue weighted by atomic mass is 10.2. The predicted octanol–water partition coefficient (Wildman–Crippen LogP) is 3.49. The second-order valence-corrected chi connectivity index (χ2v) is 5.04. The lowest BCUT2D eigenvalue weighted by molar-refractivity contribution is 0.225. The molecule has 0 aromatic rings. The van der Waals surface area contributed by atoms with E-state index in [1.807, 2.05) is 32.1 Å². The van der Waals surface area contributed by atoms with Crippen LogP contribution in [0.5, 0.6) is 0 Å². The molecule has 0 amide bonds. The molecule has 0 bridgehead atoms. The Balaban J connectivity index is 2.80. The highest BCUT2D eigenvalue weighted by Gasteiger charge is 2.28. The zero-order valence-electron chi connectivity index (χ0n) is 8.73. The summed E-state index contributed by atoms with van der Waals surface area (Å²) < 4.78 is 22.7. The second-order valence-electron chi connectivity index (χ2n) is 2.96. The van der Waals surface area contributed by atoms with Crippen LogP contribution in [0.25, 0.3) is 0 Å². The van der Waals surface area contributed by atoms with Crippen LogP contribution in [0.15, 0.2) is 23.5 Å². The molecular weight excluding hydrogens is 199 g/mol. The first kappa shape index (κ1) is 11.7. The second kappa shape index (κ2) is 5.50. The summed E-state index contributed by atoms with van der Waals surface area (Å²) in [5, 5.41) is 0.795. The van der Waals surface area contributed by atoms with E-state index in [0.717, 1.165) is 18.2 Å². The molecule has 0 N–H and O–H groups in total. The van der Waals surface area contributed by atoms with Crippen molar-refractivity contribution < 1.29 is 13.6 Å². The highest BCUT2D eigenvalue weighted by molar-refractivity contribution is 7.58. The molecular formula is C10H17O3P. The van der Waals surface area contributed by atoms with Gasteiger partial charge in [-0.3, -0.25) is 4.57 Å². The average Bonchev–Trinajstić information content (AvgIpc) is 2.20. The largest absolute Gasteiger partial charge is 0.357 e. The summed E-state index contributed by atoms with van der Waals surface area (Å²) in [6.07, 6.45) is 7.48. The Morgan fingerprint density at radius 2 is 2.00 bits per heavy atom. The smallest absolute Gasteiger partial charge is 0.306 e. The summed E-state index contributed by atoms with van der Waals surface area (Å²) >= 11 is 0. The van der Waals surface area contributed by atoms with Crippen molar-refractivity contribution >= 4 is 7.60 Å². The number of rotatable bonds is 5. The third kappa shape index (κ3) is 2.81. The van der Waals surface area contributed by atoms with Crippen LogP contribution in [-0.4, -0.2) is 13.2 Å². The number of allylic oxidation sites excluding steroid dienone is 4. The Bertz CT molecular complexity index is 271. The molecule has 0 fully saturated rings. The molecule has 0 atom stereocenters. The first-order chi connectivity index (χ1) is 6.73. The first-order valence-corrected chi connectivity index (χ1v) is 6.52. The Kier molecular flexibility index (Phi) is 4.59. The van der Waals surface area contributed by atoms with Gasteiger partial charge in [0.25, 0.3) is 0 Å². The lowest BCUT2D eigenvalue weighted by Crippen LogP contribution is -2.00. The Morgan fingerprint density at radius 3 is 2.43 bits per heavy atom. The first-order valence-electron chi connectivity index (χ1n) is 4.98. The summed E-state index contributed by atoms with van der Waals surface area (Å²) in [6, 6.07) is 0. The van der Waals surface area contributed by atoms with Crippen molar-refractivity contribution in [1.29, 1.82) is 0 Å². The summed E-state index contributed by atoms with van der Waals surface area (Å²) in [5.74, 6) is 0. The normalized spacial score (nSPS) is 16.9. The monoisotopic (exact) mass is 216 g/mol.